The fourth-order valence-electron chi connectivity index (χ4n) is 2.94. The first-order chi connectivity index (χ1) is 16.4. The van der Waals surface area contributed by atoms with Crippen molar-refractivity contribution in [3.8, 4) is 0 Å². The largest absolute Gasteiger partial charge is 0.379 e. The van der Waals surface area contributed by atoms with E-state index in [0.717, 1.165) is 24.2 Å². The van der Waals surface area contributed by atoms with Crippen LogP contribution in [0.2, 0.25) is 0 Å². The molecule has 2 amide bonds. The van der Waals surface area contributed by atoms with E-state index in [-0.39, 0.29) is 29.3 Å². The molecule has 0 aromatic heterocycles. The molecular formula is C28H48N2O5. The van der Waals surface area contributed by atoms with Crippen LogP contribution in [0.5, 0.6) is 0 Å². The van der Waals surface area contributed by atoms with Gasteiger partial charge >= 0.3 is 0 Å². The number of hydrogen-bond donors (Lipinski definition) is 2. The minimum atomic E-state index is -0.167. The Kier molecular flexibility index (Phi) is 14.1. The lowest BCUT2D eigenvalue weighted by molar-refractivity contribution is -0.126. The Hall–Kier alpha value is -1.96. The Labute approximate surface area is 212 Å². The van der Waals surface area contributed by atoms with E-state index < -0.39 is 0 Å². The Bertz CT molecular complexity index is 739. The molecule has 0 unspecified atom stereocenters. The van der Waals surface area contributed by atoms with Gasteiger partial charge in [-0.05, 0) is 34.3 Å². The number of carbonyl (C=O) groups excluding carboxylic acids is 2. The van der Waals surface area contributed by atoms with Crippen molar-refractivity contribution in [3.63, 3.8) is 0 Å². The third-order valence-corrected chi connectivity index (χ3v) is 6.44. The Morgan fingerprint density at radius 1 is 0.771 bits per heavy atom. The molecule has 1 rings (SSSR count). The lowest BCUT2D eigenvalue weighted by Gasteiger charge is -2.38. The average Bonchev–Trinajstić information content (AvgIpc) is 2.78. The summed E-state index contributed by atoms with van der Waals surface area (Å²) in [5.74, 6) is 0.423. The Balaban J connectivity index is 2.16. The van der Waals surface area contributed by atoms with Gasteiger partial charge in [0.2, 0.25) is 11.8 Å². The van der Waals surface area contributed by atoms with Gasteiger partial charge in [-0.25, -0.2) is 0 Å². The van der Waals surface area contributed by atoms with Crippen LogP contribution in [0.1, 0.15) is 72.4 Å². The third kappa shape index (κ3) is 14.3. The van der Waals surface area contributed by atoms with Gasteiger partial charge in [-0.2, -0.15) is 0 Å². The molecule has 200 valence electrons. The minimum Gasteiger partial charge on any atom is -0.379 e. The molecule has 0 saturated carbocycles. The first kappa shape index (κ1) is 31.1. The number of carbonyl (C=O) groups is 2. The van der Waals surface area contributed by atoms with Crippen molar-refractivity contribution in [1.82, 2.24) is 10.6 Å². The van der Waals surface area contributed by atoms with Crippen LogP contribution in [-0.4, -0.2) is 51.5 Å². The summed E-state index contributed by atoms with van der Waals surface area (Å²) in [7, 11) is 0. The molecule has 2 N–H and O–H groups in total. The summed E-state index contributed by atoms with van der Waals surface area (Å²) in [5, 5.41) is 5.85. The Morgan fingerprint density at radius 2 is 1.26 bits per heavy atom. The van der Waals surface area contributed by atoms with E-state index in [4.69, 9.17) is 14.2 Å². The lowest BCUT2D eigenvalue weighted by Crippen LogP contribution is -2.32. The predicted octanol–water partition coefficient (Wildman–Crippen LogP) is 4.48. The summed E-state index contributed by atoms with van der Waals surface area (Å²) >= 11 is 0. The SMILES string of the molecule is CC(C)COCCOCCOCC(=O)NCc1ccc(CNC(=O)CCC(C)(C)C(C)(C)C)cc1. The van der Waals surface area contributed by atoms with E-state index in [1.54, 1.807) is 0 Å². The highest BCUT2D eigenvalue weighted by molar-refractivity contribution is 5.77. The molecule has 7 heteroatoms. The Morgan fingerprint density at radius 3 is 1.77 bits per heavy atom. The minimum absolute atomic E-state index is 0.00332. The number of ether oxygens (including phenoxy) is 3. The fourth-order valence-corrected chi connectivity index (χ4v) is 2.94. The third-order valence-electron chi connectivity index (χ3n) is 6.44. The van der Waals surface area contributed by atoms with Gasteiger partial charge in [-0.15, -0.1) is 0 Å². The number of nitrogens with one attached hydrogen (secondary N) is 2. The lowest BCUT2D eigenvalue weighted by atomic mass is 9.67. The monoisotopic (exact) mass is 492 g/mol. The zero-order valence-electron chi connectivity index (χ0n) is 23.0. The predicted molar refractivity (Wildman–Crippen MR) is 140 cm³/mol. The highest BCUT2D eigenvalue weighted by Gasteiger charge is 2.32. The number of benzene rings is 1. The molecule has 0 aliphatic carbocycles. The molecule has 0 heterocycles. The highest BCUT2D eigenvalue weighted by Crippen LogP contribution is 2.41. The normalized spacial score (nSPS) is 12.1. The summed E-state index contributed by atoms with van der Waals surface area (Å²) in [5.41, 5.74) is 2.27. The smallest absolute Gasteiger partial charge is 0.246 e. The maximum Gasteiger partial charge on any atom is 0.246 e. The van der Waals surface area contributed by atoms with Gasteiger partial charge < -0.3 is 24.8 Å². The zero-order valence-corrected chi connectivity index (χ0v) is 23.0. The number of rotatable bonds is 17. The van der Waals surface area contributed by atoms with E-state index in [1.165, 1.54) is 0 Å². The zero-order chi connectivity index (χ0) is 26.3. The van der Waals surface area contributed by atoms with E-state index in [2.05, 4.69) is 59.1 Å². The fraction of sp³-hybridized carbons (Fsp3) is 0.714. The van der Waals surface area contributed by atoms with Crippen LogP contribution in [-0.2, 0) is 36.9 Å². The van der Waals surface area contributed by atoms with Crippen molar-refractivity contribution in [1.29, 1.82) is 0 Å². The summed E-state index contributed by atoms with van der Waals surface area (Å²) in [6.07, 6.45) is 1.38. The van der Waals surface area contributed by atoms with Crippen LogP contribution in [0.3, 0.4) is 0 Å². The van der Waals surface area contributed by atoms with Crippen LogP contribution in [0.15, 0.2) is 24.3 Å². The maximum absolute atomic E-state index is 12.3. The van der Waals surface area contributed by atoms with E-state index in [9.17, 15) is 9.59 Å². The standard InChI is InChI=1S/C28H48N2O5/c1-22(2)20-34-16-14-33-15-17-35-21-26(32)30-19-24-10-8-23(9-11-24)18-29-25(31)12-13-28(6,7)27(3,4)5/h8-11,22H,12-21H2,1-7H3,(H,29,31)(H,30,32). The molecule has 1 aromatic rings. The molecule has 1 aromatic carbocycles. The molecular weight excluding hydrogens is 444 g/mol. The van der Waals surface area contributed by atoms with Crippen molar-refractivity contribution in [2.45, 2.75) is 74.4 Å². The van der Waals surface area contributed by atoms with Crippen LogP contribution in [0.25, 0.3) is 0 Å². The van der Waals surface area contributed by atoms with Crippen molar-refractivity contribution >= 4 is 11.8 Å². The maximum atomic E-state index is 12.3. The second-order valence-electron chi connectivity index (χ2n) is 11.1. The molecule has 35 heavy (non-hydrogen) atoms. The van der Waals surface area contributed by atoms with Gasteiger partial charge in [0.05, 0.1) is 26.4 Å². The molecule has 0 spiro atoms. The number of hydrogen-bond acceptors (Lipinski definition) is 5. The summed E-state index contributed by atoms with van der Waals surface area (Å²) in [6, 6.07) is 7.86. The van der Waals surface area contributed by atoms with Crippen LogP contribution >= 0.6 is 0 Å². The van der Waals surface area contributed by atoms with Gasteiger partial charge in [-0.3, -0.25) is 9.59 Å². The van der Waals surface area contributed by atoms with Crippen molar-refractivity contribution < 1.29 is 23.8 Å². The van der Waals surface area contributed by atoms with Crippen LogP contribution in [0, 0.1) is 16.7 Å². The van der Waals surface area contributed by atoms with Gasteiger partial charge in [0.1, 0.15) is 6.61 Å². The second-order valence-corrected chi connectivity index (χ2v) is 11.1. The van der Waals surface area contributed by atoms with Crippen LogP contribution in [0.4, 0.5) is 0 Å². The topological polar surface area (TPSA) is 85.9 Å². The molecule has 0 radical (unpaired) electrons. The van der Waals surface area contributed by atoms with Gasteiger partial charge in [0.25, 0.3) is 0 Å². The molecule has 0 fully saturated rings. The van der Waals surface area contributed by atoms with Crippen molar-refractivity contribution in [2.75, 3.05) is 39.6 Å². The van der Waals surface area contributed by atoms with Gasteiger partial charge in [-0.1, -0.05) is 72.7 Å². The summed E-state index contributed by atoms with van der Waals surface area (Å²) < 4.78 is 16.2. The second kappa shape index (κ2) is 15.9. The average molecular weight is 493 g/mol. The molecule has 0 aliphatic rings. The van der Waals surface area contributed by atoms with E-state index in [0.29, 0.717) is 51.9 Å². The number of amides is 2. The molecule has 0 aliphatic heterocycles. The summed E-state index contributed by atoms with van der Waals surface area (Å²) in [4.78, 5) is 24.2. The first-order valence-corrected chi connectivity index (χ1v) is 12.7. The van der Waals surface area contributed by atoms with E-state index >= 15 is 0 Å². The van der Waals surface area contributed by atoms with Gasteiger partial charge in [0, 0.05) is 26.1 Å². The van der Waals surface area contributed by atoms with Crippen molar-refractivity contribution in [2.24, 2.45) is 16.7 Å². The molecule has 7 nitrogen and oxygen atoms in total. The highest BCUT2D eigenvalue weighted by atomic mass is 16.5. The van der Waals surface area contributed by atoms with E-state index in [1.807, 2.05) is 24.3 Å². The van der Waals surface area contributed by atoms with Crippen molar-refractivity contribution in [3.05, 3.63) is 35.4 Å². The quantitative estimate of drug-likeness (QED) is 0.313. The molecule has 0 saturated heterocycles. The molecule has 0 atom stereocenters. The van der Waals surface area contributed by atoms with Gasteiger partial charge in [0.15, 0.2) is 0 Å². The molecule has 0 bridgehead atoms. The first-order valence-electron chi connectivity index (χ1n) is 12.7. The summed E-state index contributed by atoms with van der Waals surface area (Å²) in [6.45, 7) is 18.8. The van der Waals surface area contributed by atoms with Crippen LogP contribution < -0.4 is 10.6 Å².